The maximum Gasteiger partial charge on any atom is 0.0691 e. The lowest BCUT2D eigenvalue weighted by atomic mass is 10.2. The van der Waals surface area contributed by atoms with Gasteiger partial charge >= 0.3 is 0 Å². The Morgan fingerprint density at radius 1 is 1.25 bits per heavy atom. The van der Waals surface area contributed by atoms with Crippen molar-refractivity contribution in [2.75, 3.05) is 6.54 Å². The van der Waals surface area contributed by atoms with Crippen molar-refractivity contribution in [1.29, 1.82) is 0 Å². The summed E-state index contributed by atoms with van der Waals surface area (Å²) >= 11 is 12.4. The van der Waals surface area contributed by atoms with Crippen molar-refractivity contribution >= 4 is 23.2 Å². The number of aromatic nitrogens is 2. The predicted molar refractivity (Wildman–Crippen MR) is 84.5 cm³/mol. The highest BCUT2D eigenvalue weighted by Gasteiger charge is 2.10. The molecule has 0 atom stereocenters. The summed E-state index contributed by atoms with van der Waals surface area (Å²) in [7, 11) is 0. The summed E-state index contributed by atoms with van der Waals surface area (Å²) in [5.41, 5.74) is 3.27. The third kappa shape index (κ3) is 3.54. The van der Waals surface area contributed by atoms with E-state index in [-0.39, 0.29) is 0 Å². The van der Waals surface area contributed by atoms with Crippen LogP contribution in [0.15, 0.2) is 24.4 Å². The molecule has 1 aromatic carbocycles. The quantitative estimate of drug-likeness (QED) is 0.816. The van der Waals surface area contributed by atoms with Gasteiger partial charge in [-0.2, -0.15) is 5.10 Å². The fraction of sp³-hybridized carbons (Fsp3) is 0.400. The summed E-state index contributed by atoms with van der Waals surface area (Å²) in [6.07, 6.45) is 3.03. The second-order valence-electron chi connectivity index (χ2n) is 4.79. The first-order valence-electron chi connectivity index (χ1n) is 6.78. The molecule has 2 aromatic rings. The first kappa shape index (κ1) is 15.4. The van der Waals surface area contributed by atoms with E-state index in [9.17, 15) is 0 Å². The van der Waals surface area contributed by atoms with Gasteiger partial charge in [-0.15, -0.1) is 0 Å². The SMILES string of the molecule is CCCNCc1cnn(Cc2c(Cl)cccc2Cl)c1C. The molecule has 0 aliphatic carbocycles. The van der Waals surface area contributed by atoms with Crippen molar-refractivity contribution in [1.82, 2.24) is 15.1 Å². The van der Waals surface area contributed by atoms with E-state index in [0.29, 0.717) is 16.6 Å². The molecule has 1 aromatic heterocycles. The van der Waals surface area contributed by atoms with E-state index in [1.807, 2.05) is 29.1 Å². The highest BCUT2D eigenvalue weighted by molar-refractivity contribution is 6.35. The third-order valence-electron chi connectivity index (χ3n) is 3.32. The first-order valence-corrected chi connectivity index (χ1v) is 7.54. The maximum atomic E-state index is 6.20. The average molecular weight is 312 g/mol. The molecular weight excluding hydrogens is 293 g/mol. The van der Waals surface area contributed by atoms with E-state index in [2.05, 4.69) is 24.3 Å². The predicted octanol–water partition coefficient (Wildman–Crippen LogP) is 4.05. The minimum Gasteiger partial charge on any atom is -0.313 e. The van der Waals surface area contributed by atoms with Gasteiger partial charge in [-0.1, -0.05) is 36.2 Å². The summed E-state index contributed by atoms with van der Waals surface area (Å²) in [6, 6.07) is 5.56. The van der Waals surface area contributed by atoms with Gasteiger partial charge in [-0.25, -0.2) is 0 Å². The summed E-state index contributed by atoms with van der Waals surface area (Å²) in [5, 5.41) is 9.18. The van der Waals surface area contributed by atoms with Crippen LogP contribution in [0.25, 0.3) is 0 Å². The van der Waals surface area contributed by atoms with Crippen LogP contribution in [0, 0.1) is 6.92 Å². The highest BCUT2D eigenvalue weighted by Crippen LogP contribution is 2.25. The minimum absolute atomic E-state index is 0.595. The molecule has 0 aliphatic heterocycles. The lowest BCUT2D eigenvalue weighted by Gasteiger charge is -2.09. The van der Waals surface area contributed by atoms with Crippen molar-refractivity contribution in [3.63, 3.8) is 0 Å². The minimum atomic E-state index is 0.595. The number of halogens is 2. The summed E-state index contributed by atoms with van der Waals surface area (Å²) in [6.45, 7) is 6.68. The van der Waals surface area contributed by atoms with Gasteiger partial charge in [0, 0.05) is 33.4 Å². The van der Waals surface area contributed by atoms with E-state index in [1.54, 1.807) is 0 Å². The van der Waals surface area contributed by atoms with Gasteiger partial charge in [-0.3, -0.25) is 4.68 Å². The zero-order valence-corrected chi connectivity index (χ0v) is 13.3. The molecule has 1 heterocycles. The molecule has 0 saturated heterocycles. The Bertz CT molecular complexity index is 558. The Labute approximate surface area is 129 Å². The normalized spacial score (nSPS) is 11.0. The van der Waals surface area contributed by atoms with E-state index in [4.69, 9.17) is 23.2 Å². The Balaban J connectivity index is 2.14. The topological polar surface area (TPSA) is 29.9 Å². The van der Waals surface area contributed by atoms with Gasteiger partial charge < -0.3 is 5.32 Å². The molecule has 0 saturated carbocycles. The molecule has 0 fully saturated rings. The summed E-state index contributed by atoms with van der Waals surface area (Å²) in [5.74, 6) is 0. The molecule has 0 unspecified atom stereocenters. The molecule has 5 heteroatoms. The van der Waals surface area contributed by atoms with Crippen LogP contribution in [0.2, 0.25) is 10.0 Å². The standard InChI is InChI=1S/C15H19Cl2N3/c1-3-7-18-8-12-9-19-20(11(12)2)10-13-14(16)5-4-6-15(13)17/h4-6,9,18H,3,7-8,10H2,1-2H3. The van der Waals surface area contributed by atoms with E-state index >= 15 is 0 Å². The molecule has 0 aliphatic rings. The van der Waals surface area contributed by atoms with Crippen LogP contribution in [0.5, 0.6) is 0 Å². The van der Waals surface area contributed by atoms with Crippen LogP contribution in [-0.4, -0.2) is 16.3 Å². The van der Waals surface area contributed by atoms with Gasteiger partial charge in [-0.05, 0) is 32.0 Å². The zero-order chi connectivity index (χ0) is 14.5. The second-order valence-corrected chi connectivity index (χ2v) is 5.60. The van der Waals surface area contributed by atoms with E-state index in [1.165, 1.54) is 5.56 Å². The van der Waals surface area contributed by atoms with Crippen molar-refractivity contribution < 1.29 is 0 Å². The highest BCUT2D eigenvalue weighted by atomic mass is 35.5. The number of benzene rings is 1. The number of hydrogen-bond acceptors (Lipinski definition) is 2. The van der Waals surface area contributed by atoms with Crippen molar-refractivity contribution in [2.45, 2.75) is 33.4 Å². The van der Waals surface area contributed by atoms with Crippen LogP contribution in [-0.2, 0) is 13.1 Å². The molecule has 0 spiro atoms. The molecular formula is C15H19Cl2N3. The summed E-state index contributed by atoms with van der Waals surface area (Å²) in [4.78, 5) is 0. The second kappa shape index (κ2) is 7.11. The van der Waals surface area contributed by atoms with Crippen LogP contribution < -0.4 is 5.32 Å². The molecule has 0 amide bonds. The number of hydrogen-bond donors (Lipinski definition) is 1. The number of nitrogens with one attached hydrogen (secondary N) is 1. The van der Waals surface area contributed by atoms with Crippen LogP contribution in [0.1, 0.15) is 30.2 Å². The van der Waals surface area contributed by atoms with Gasteiger partial charge in [0.25, 0.3) is 0 Å². The monoisotopic (exact) mass is 311 g/mol. The molecule has 0 bridgehead atoms. The maximum absolute atomic E-state index is 6.20. The molecule has 3 nitrogen and oxygen atoms in total. The van der Waals surface area contributed by atoms with Crippen LogP contribution >= 0.6 is 23.2 Å². The van der Waals surface area contributed by atoms with Crippen molar-refractivity contribution in [2.24, 2.45) is 0 Å². The Morgan fingerprint density at radius 3 is 2.60 bits per heavy atom. The molecule has 20 heavy (non-hydrogen) atoms. The molecule has 0 radical (unpaired) electrons. The van der Waals surface area contributed by atoms with Gasteiger partial charge in [0.2, 0.25) is 0 Å². The largest absolute Gasteiger partial charge is 0.313 e. The van der Waals surface area contributed by atoms with Gasteiger partial charge in [0.1, 0.15) is 0 Å². The Morgan fingerprint density at radius 2 is 1.95 bits per heavy atom. The van der Waals surface area contributed by atoms with Crippen molar-refractivity contribution in [3.8, 4) is 0 Å². The van der Waals surface area contributed by atoms with Crippen LogP contribution in [0.3, 0.4) is 0 Å². The fourth-order valence-corrected chi connectivity index (χ4v) is 2.57. The van der Waals surface area contributed by atoms with E-state index in [0.717, 1.165) is 30.8 Å². The van der Waals surface area contributed by atoms with E-state index < -0.39 is 0 Å². The van der Waals surface area contributed by atoms with Gasteiger partial charge in [0.15, 0.2) is 0 Å². The van der Waals surface area contributed by atoms with Crippen LogP contribution in [0.4, 0.5) is 0 Å². The van der Waals surface area contributed by atoms with Crippen molar-refractivity contribution in [3.05, 3.63) is 51.3 Å². The Kier molecular flexibility index (Phi) is 5.46. The number of nitrogens with zero attached hydrogens (tertiary/aromatic N) is 2. The third-order valence-corrected chi connectivity index (χ3v) is 4.02. The molecule has 2 rings (SSSR count). The summed E-state index contributed by atoms with van der Waals surface area (Å²) < 4.78 is 1.94. The lowest BCUT2D eigenvalue weighted by Crippen LogP contribution is -2.14. The van der Waals surface area contributed by atoms with Gasteiger partial charge in [0.05, 0.1) is 12.7 Å². The first-order chi connectivity index (χ1) is 9.63. The smallest absolute Gasteiger partial charge is 0.0691 e. The Hall–Kier alpha value is -1.03. The lowest BCUT2D eigenvalue weighted by molar-refractivity contribution is 0.651. The molecule has 1 N–H and O–H groups in total. The number of rotatable bonds is 6. The average Bonchev–Trinajstić information content (AvgIpc) is 2.76. The molecule has 108 valence electrons. The fourth-order valence-electron chi connectivity index (χ4n) is 2.05. The zero-order valence-electron chi connectivity index (χ0n) is 11.8.